The smallest absolute Gasteiger partial charge is 0.141 e. The minimum atomic E-state index is 0.373. The van der Waals surface area contributed by atoms with Gasteiger partial charge in [-0.15, -0.1) is 0 Å². The van der Waals surface area contributed by atoms with Gasteiger partial charge < -0.3 is 0 Å². The van der Waals surface area contributed by atoms with Crippen molar-refractivity contribution in [2.45, 2.75) is 6.92 Å². The molecule has 0 atom stereocenters. The van der Waals surface area contributed by atoms with Gasteiger partial charge in [0.05, 0.1) is 15.7 Å². The zero-order chi connectivity index (χ0) is 15.7. The van der Waals surface area contributed by atoms with Gasteiger partial charge in [0, 0.05) is 23.5 Å². The molecule has 0 saturated carbocycles. The lowest BCUT2D eigenvalue weighted by atomic mass is 10.0. The van der Waals surface area contributed by atoms with Crippen molar-refractivity contribution in [1.29, 1.82) is 0 Å². The van der Waals surface area contributed by atoms with E-state index in [-0.39, 0.29) is 0 Å². The van der Waals surface area contributed by atoms with Crippen LogP contribution in [-0.4, -0.2) is 15.0 Å². The topological polar surface area (TPSA) is 38.7 Å². The van der Waals surface area contributed by atoms with Gasteiger partial charge in [-0.1, -0.05) is 40.9 Å². The summed E-state index contributed by atoms with van der Waals surface area (Å²) in [5, 5.41) is 1.31. The maximum absolute atomic E-state index is 6.37. The van der Waals surface area contributed by atoms with Gasteiger partial charge in [-0.25, -0.2) is 9.97 Å². The van der Waals surface area contributed by atoms with Gasteiger partial charge in [0.2, 0.25) is 0 Å². The number of hydrogen-bond acceptors (Lipinski definition) is 3. The van der Waals surface area contributed by atoms with E-state index in [0.29, 0.717) is 21.0 Å². The predicted molar refractivity (Wildman–Crippen MR) is 90.5 cm³/mol. The van der Waals surface area contributed by atoms with Crippen LogP contribution < -0.4 is 0 Å². The molecule has 22 heavy (non-hydrogen) atoms. The number of pyridine rings is 1. The van der Waals surface area contributed by atoms with E-state index < -0.39 is 0 Å². The molecular formula is C16H10Cl3N3. The van der Waals surface area contributed by atoms with Gasteiger partial charge in [0.1, 0.15) is 11.0 Å². The average molecular weight is 351 g/mol. The van der Waals surface area contributed by atoms with Crippen LogP contribution in [0.1, 0.15) is 5.82 Å². The fourth-order valence-electron chi connectivity index (χ4n) is 2.16. The van der Waals surface area contributed by atoms with Crippen molar-refractivity contribution in [3.63, 3.8) is 0 Å². The third-order valence-corrected chi connectivity index (χ3v) is 4.15. The summed E-state index contributed by atoms with van der Waals surface area (Å²) in [5.41, 5.74) is 3.17. The van der Waals surface area contributed by atoms with E-state index in [2.05, 4.69) is 15.0 Å². The first-order valence-electron chi connectivity index (χ1n) is 6.46. The molecule has 2 aromatic heterocycles. The third-order valence-electron chi connectivity index (χ3n) is 3.14. The highest BCUT2D eigenvalue weighted by Crippen LogP contribution is 2.37. The molecule has 0 N–H and O–H groups in total. The SMILES string of the molecule is Cc1nc(Cl)c(-c2ccc(Cl)c(Cl)c2)c(-c2ccncc2)n1. The highest BCUT2D eigenvalue weighted by Gasteiger charge is 2.16. The number of benzene rings is 1. The molecule has 3 aromatic rings. The van der Waals surface area contributed by atoms with Crippen LogP contribution >= 0.6 is 34.8 Å². The van der Waals surface area contributed by atoms with Crippen LogP contribution in [0.3, 0.4) is 0 Å². The van der Waals surface area contributed by atoms with Gasteiger partial charge >= 0.3 is 0 Å². The minimum Gasteiger partial charge on any atom is -0.265 e. The van der Waals surface area contributed by atoms with Crippen LogP contribution in [-0.2, 0) is 0 Å². The van der Waals surface area contributed by atoms with Crippen LogP contribution in [0.25, 0.3) is 22.4 Å². The standard InChI is InChI=1S/C16H10Cl3N3/c1-9-21-15(10-4-6-20-7-5-10)14(16(19)22-9)11-2-3-12(17)13(18)8-11/h2-8H,1H3. The highest BCUT2D eigenvalue weighted by atomic mass is 35.5. The normalized spacial score (nSPS) is 10.7. The monoisotopic (exact) mass is 349 g/mol. The lowest BCUT2D eigenvalue weighted by molar-refractivity contribution is 1.06. The fourth-order valence-corrected chi connectivity index (χ4v) is 2.78. The van der Waals surface area contributed by atoms with Crippen molar-refractivity contribution >= 4 is 34.8 Å². The van der Waals surface area contributed by atoms with E-state index in [1.165, 1.54) is 0 Å². The van der Waals surface area contributed by atoms with Gasteiger partial charge in [-0.3, -0.25) is 4.98 Å². The molecule has 110 valence electrons. The molecule has 6 heteroatoms. The fraction of sp³-hybridized carbons (Fsp3) is 0.0625. The first kappa shape index (κ1) is 15.2. The molecule has 3 nitrogen and oxygen atoms in total. The zero-order valence-electron chi connectivity index (χ0n) is 11.5. The summed E-state index contributed by atoms with van der Waals surface area (Å²) in [5.74, 6) is 0.598. The second-order valence-electron chi connectivity index (χ2n) is 4.65. The highest BCUT2D eigenvalue weighted by molar-refractivity contribution is 6.42. The van der Waals surface area contributed by atoms with E-state index in [4.69, 9.17) is 34.8 Å². The Morgan fingerprint density at radius 3 is 2.23 bits per heavy atom. The second kappa shape index (κ2) is 6.21. The molecule has 0 radical (unpaired) electrons. The summed E-state index contributed by atoms with van der Waals surface area (Å²) in [6, 6.07) is 9.08. The molecule has 0 unspecified atom stereocenters. The molecule has 0 spiro atoms. The minimum absolute atomic E-state index is 0.373. The molecule has 2 heterocycles. The quantitative estimate of drug-likeness (QED) is 0.575. The summed E-state index contributed by atoms with van der Waals surface area (Å²) in [7, 11) is 0. The molecule has 1 aromatic carbocycles. The Hall–Kier alpha value is -1.68. The first-order chi connectivity index (χ1) is 10.6. The van der Waals surface area contributed by atoms with Crippen molar-refractivity contribution in [3.8, 4) is 22.4 Å². The van der Waals surface area contributed by atoms with Crippen molar-refractivity contribution in [2.75, 3.05) is 0 Å². The Bertz CT molecular complexity index is 836. The summed E-state index contributed by atoms with van der Waals surface area (Å²) in [4.78, 5) is 12.8. The number of nitrogens with zero attached hydrogens (tertiary/aromatic N) is 3. The number of aromatic nitrogens is 3. The zero-order valence-corrected chi connectivity index (χ0v) is 13.8. The van der Waals surface area contributed by atoms with Crippen molar-refractivity contribution in [3.05, 3.63) is 63.7 Å². The van der Waals surface area contributed by atoms with E-state index >= 15 is 0 Å². The lowest BCUT2D eigenvalue weighted by Gasteiger charge is -2.12. The molecule has 0 aliphatic rings. The summed E-state index contributed by atoms with van der Waals surface area (Å²) < 4.78 is 0. The Kier molecular flexibility index (Phi) is 4.30. The number of rotatable bonds is 2. The molecule has 0 aliphatic heterocycles. The first-order valence-corrected chi connectivity index (χ1v) is 7.59. The third kappa shape index (κ3) is 2.93. The maximum atomic E-state index is 6.37. The number of hydrogen-bond donors (Lipinski definition) is 0. The summed E-state index contributed by atoms with van der Waals surface area (Å²) in [6.07, 6.45) is 3.42. The lowest BCUT2D eigenvalue weighted by Crippen LogP contribution is -1.97. The van der Waals surface area contributed by atoms with Gasteiger partial charge in [0.15, 0.2) is 0 Å². The molecule has 0 amide bonds. The van der Waals surface area contributed by atoms with Crippen molar-refractivity contribution < 1.29 is 0 Å². The molecular weight excluding hydrogens is 341 g/mol. The molecule has 0 bridgehead atoms. The predicted octanol–water partition coefficient (Wildman–Crippen LogP) is 5.47. The maximum Gasteiger partial charge on any atom is 0.141 e. The van der Waals surface area contributed by atoms with Gasteiger partial charge in [0.25, 0.3) is 0 Å². The molecule has 3 rings (SSSR count). The van der Waals surface area contributed by atoms with Crippen molar-refractivity contribution in [1.82, 2.24) is 15.0 Å². The van der Waals surface area contributed by atoms with Crippen LogP contribution in [0.15, 0.2) is 42.7 Å². The van der Waals surface area contributed by atoms with Crippen LogP contribution in [0.5, 0.6) is 0 Å². The molecule has 0 saturated heterocycles. The Balaban J connectivity index is 2.28. The molecule has 0 fully saturated rings. The van der Waals surface area contributed by atoms with E-state index in [1.54, 1.807) is 31.5 Å². The van der Waals surface area contributed by atoms with Crippen LogP contribution in [0.2, 0.25) is 15.2 Å². The van der Waals surface area contributed by atoms with E-state index in [0.717, 1.165) is 22.4 Å². The number of halogens is 3. The van der Waals surface area contributed by atoms with E-state index in [1.807, 2.05) is 18.2 Å². The summed E-state index contributed by atoms with van der Waals surface area (Å²) >= 11 is 18.5. The average Bonchev–Trinajstić information content (AvgIpc) is 2.50. The Morgan fingerprint density at radius 1 is 0.818 bits per heavy atom. The Morgan fingerprint density at radius 2 is 1.55 bits per heavy atom. The van der Waals surface area contributed by atoms with Gasteiger partial charge in [-0.05, 0) is 36.8 Å². The Labute approximate surface area is 142 Å². The number of aryl methyl sites for hydroxylation is 1. The van der Waals surface area contributed by atoms with Crippen LogP contribution in [0, 0.1) is 6.92 Å². The summed E-state index contributed by atoms with van der Waals surface area (Å²) in [6.45, 7) is 1.80. The van der Waals surface area contributed by atoms with Gasteiger partial charge in [-0.2, -0.15) is 0 Å². The van der Waals surface area contributed by atoms with E-state index in [9.17, 15) is 0 Å². The van der Waals surface area contributed by atoms with Crippen molar-refractivity contribution in [2.24, 2.45) is 0 Å². The van der Waals surface area contributed by atoms with Crippen LogP contribution in [0.4, 0.5) is 0 Å². The molecule has 0 aliphatic carbocycles. The largest absolute Gasteiger partial charge is 0.265 e. The second-order valence-corrected chi connectivity index (χ2v) is 5.82.